The van der Waals surface area contributed by atoms with Crippen LogP contribution in [0.5, 0.6) is 0 Å². The lowest BCUT2D eigenvalue weighted by atomic mass is 9.82. The second kappa shape index (κ2) is 10.1. The molecule has 2 N–H and O–H groups in total. The molecule has 0 spiro atoms. The van der Waals surface area contributed by atoms with Crippen LogP contribution in [-0.2, 0) is 16.6 Å². The summed E-state index contributed by atoms with van der Waals surface area (Å²) in [5.41, 5.74) is 8.42. The number of hydrogen-bond acceptors (Lipinski definition) is 4. The summed E-state index contributed by atoms with van der Waals surface area (Å²) in [5, 5.41) is 0. The zero-order valence-corrected chi connectivity index (χ0v) is 18.8. The summed E-state index contributed by atoms with van der Waals surface area (Å²) in [5.74, 6) is 1.89. The minimum Gasteiger partial charge on any atom is -0.380 e. The van der Waals surface area contributed by atoms with Crippen molar-refractivity contribution in [1.29, 1.82) is 0 Å². The third-order valence-electron chi connectivity index (χ3n) is 6.48. The number of nitrogens with two attached hydrogens (primary N) is 1. The van der Waals surface area contributed by atoms with E-state index < -0.39 is 0 Å². The number of hydrogen-bond donors (Lipinski definition) is 1. The standard InChI is InChI=1S/C21H30N4O2.2ClH/c1-24-18-6-4-3-5-17(18)23-20(24)14-9-11-25(12-10-14)21(26)15-7-8-19(27-2)16(22)13-15;;/h3-6,14-16,19H,7-13,22H2,1-2H3;2*1H/t15-,16+,19+;;/m0../s1. The molecule has 1 aliphatic carbocycles. The van der Waals surface area contributed by atoms with Crippen molar-refractivity contribution in [1.82, 2.24) is 14.5 Å². The van der Waals surface area contributed by atoms with Gasteiger partial charge in [0.25, 0.3) is 0 Å². The van der Waals surface area contributed by atoms with E-state index in [1.54, 1.807) is 7.11 Å². The number of carbonyl (C=O) groups is 1. The number of ether oxygens (including phenoxy) is 1. The van der Waals surface area contributed by atoms with E-state index in [0.717, 1.165) is 56.5 Å². The molecule has 8 heteroatoms. The van der Waals surface area contributed by atoms with Crippen molar-refractivity contribution < 1.29 is 9.53 Å². The van der Waals surface area contributed by atoms with E-state index >= 15 is 0 Å². The number of likely N-dealkylation sites (tertiary alicyclic amines) is 1. The zero-order valence-electron chi connectivity index (χ0n) is 17.1. The van der Waals surface area contributed by atoms with Gasteiger partial charge < -0.3 is 19.9 Å². The van der Waals surface area contributed by atoms with Gasteiger partial charge in [0.05, 0.1) is 17.1 Å². The Morgan fingerprint density at radius 1 is 1.14 bits per heavy atom. The fraction of sp³-hybridized carbons (Fsp3) is 0.619. The van der Waals surface area contributed by atoms with E-state index in [1.165, 1.54) is 5.52 Å². The summed E-state index contributed by atoms with van der Waals surface area (Å²) in [6.07, 6.45) is 4.55. The van der Waals surface area contributed by atoms with Gasteiger partial charge in [-0.3, -0.25) is 4.79 Å². The smallest absolute Gasteiger partial charge is 0.225 e. The molecule has 1 saturated carbocycles. The molecule has 6 nitrogen and oxygen atoms in total. The molecule has 4 rings (SSSR count). The van der Waals surface area contributed by atoms with E-state index in [2.05, 4.69) is 29.8 Å². The molecule has 2 fully saturated rings. The molecule has 1 saturated heterocycles. The SMILES string of the molecule is CO[C@@H]1CC[C@H](C(=O)N2CCC(c3nc4ccccc4n3C)CC2)C[C@H]1N.Cl.Cl. The number of piperidine rings is 1. The molecule has 0 bridgehead atoms. The lowest BCUT2D eigenvalue weighted by molar-refractivity contribution is -0.138. The van der Waals surface area contributed by atoms with Crippen LogP contribution < -0.4 is 5.73 Å². The molecule has 1 amide bonds. The second-order valence-corrected chi connectivity index (χ2v) is 8.07. The van der Waals surface area contributed by atoms with Crippen LogP contribution in [-0.4, -0.2) is 52.7 Å². The topological polar surface area (TPSA) is 73.4 Å². The van der Waals surface area contributed by atoms with Crippen LogP contribution >= 0.6 is 24.8 Å². The van der Waals surface area contributed by atoms with Crippen LogP contribution in [0.1, 0.15) is 43.8 Å². The van der Waals surface area contributed by atoms with Crippen molar-refractivity contribution in [2.24, 2.45) is 18.7 Å². The molecular formula is C21H32Cl2N4O2. The van der Waals surface area contributed by atoms with Gasteiger partial charge in [-0.15, -0.1) is 24.8 Å². The van der Waals surface area contributed by atoms with E-state index in [1.807, 2.05) is 11.0 Å². The highest BCUT2D eigenvalue weighted by Gasteiger charge is 2.35. The minimum atomic E-state index is -0.0322. The molecule has 2 heterocycles. The minimum absolute atomic E-state index is 0. The monoisotopic (exact) mass is 442 g/mol. The Morgan fingerprint density at radius 2 is 1.83 bits per heavy atom. The third kappa shape index (κ3) is 4.71. The van der Waals surface area contributed by atoms with E-state index in [0.29, 0.717) is 5.92 Å². The van der Waals surface area contributed by atoms with Gasteiger partial charge in [-0.1, -0.05) is 12.1 Å². The van der Waals surface area contributed by atoms with Crippen LogP contribution in [0.15, 0.2) is 24.3 Å². The molecular weight excluding hydrogens is 411 g/mol. The second-order valence-electron chi connectivity index (χ2n) is 8.07. The Kier molecular flexibility index (Phi) is 8.35. The summed E-state index contributed by atoms with van der Waals surface area (Å²) in [7, 11) is 3.80. The largest absolute Gasteiger partial charge is 0.380 e. The molecule has 0 radical (unpaired) electrons. The van der Waals surface area contributed by atoms with Crippen LogP contribution in [0.4, 0.5) is 0 Å². The summed E-state index contributed by atoms with van der Waals surface area (Å²) in [4.78, 5) is 19.9. The summed E-state index contributed by atoms with van der Waals surface area (Å²) >= 11 is 0. The van der Waals surface area contributed by atoms with Crippen molar-refractivity contribution in [3.05, 3.63) is 30.1 Å². The summed E-state index contributed by atoms with van der Waals surface area (Å²) in [6.45, 7) is 1.62. The fourth-order valence-electron chi connectivity index (χ4n) is 4.84. The number of amides is 1. The molecule has 29 heavy (non-hydrogen) atoms. The normalized spacial score (nSPS) is 25.3. The molecule has 1 aromatic heterocycles. The number of rotatable bonds is 3. The third-order valence-corrected chi connectivity index (χ3v) is 6.48. The van der Waals surface area contributed by atoms with Gasteiger partial charge in [0.15, 0.2) is 0 Å². The summed E-state index contributed by atoms with van der Waals surface area (Å²) < 4.78 is 7.63. The zero-order chi connectivity index (χ0) is 19.0. The average molecular weight is 443 g/mol. The van der Waals surface area contributed by atoms with Crippen molar-refractivity contribution >= 4 is 41.8 Å². The maximum atomic E-state index is 13.0. The first-order valence-electron chi connectivity index (χ1n) is 10.1. The van der Waals surface area contributed by atoms with Crippen molar-refractivity contribution in [2.75, 3.05) is 20.2 Å². The maximum Gasteiger partial charge on any atom is 0.225 e. The number of aryl methyl sites for hydroxylation is 1. The number of para-hydroxylation sites is 2. The molecule has 1 aliphatic heterocycles. The van der Waals surface area contributed by atoms with E-state index in [9.17, 15) is 4.79 Å². The van der Waals surface area contributed by atoms with Gasteiger partial charge in [0.2, 0.25) is 5.91 Å². The van der Waals surface area contributed by atoms with E-state index in [-0.39, 0.29) is 48.8 Å². The van der Waals surface area contributed by atoms with Gasteiger partial charge in [-0.25, -0.2) is 4.98 Å². The summed E-state index contributed by atoms with van der Waals surface area (Å²) in [6, 6.07) is 8.23. The highest BCUT2D eigenvalue weighted by Crippen LogP contribution is 2.32. The number of fused-ring (bicyclic) bond motifs is 1. The van der Waals surface area contributed by atoms with Crippen LogP contribution in [0.25, 0.3) is 11.0 Å². The first kappa shape index (κ1) is 23.9. The number of methoxy groups -OCH3 is 1. The Morgan fingerprint density at radius 3 is 2.45 bits per heavy atom. The number of carbonyl (C=O) groups excluding carboxylic acids is 1. The molecule has 1 aromatic carbocycles. The number of nitrogens with zero attached hydrogens (tertiary/aromatic N) is 3. The molecule has 2 aromatic rings. The van der Waals surface area contributed by atoms with Crippen molar-refractivity contribution in [3.8, 4) is 0 Å². The Bertz CT molecular complexity index is 820. The average Bonchev–Trinajstić information content (AvgIpc) is 3.04. The molecule has 0 unspecified atom stereocenters. The fourth-order valence-corrected chi connectivity index (χ4v) is 4.84. The first-order valence-corrected chi connectivity index (χ1v) is 10.1. The van der Waals surface area contributed by atoms with Crippen molar-refractivity contribution in [2.45, 2.75) is 50.2 Å². The number of aromatic nitrogens is 2. The lowest BCUT2D eigenvalue weighted by Gasteiger charge is -2.37. The van der Waals surface area contributed by atoms with Crippen molar-refractivity contribution in [3.63, 3.8) is 0 Å². The van der Waals surface area contributed by atoms with Gasteiger partial charge in [0.1, 0.15) is 5.82 Å². The van der Waals surface area contributed by atoms with Crippen LogP contribution in [0, 0.1) is 5.92 Å². The van der Waals surface area contributed by atoms with Gasteiger partial charge in [0, 0.05) is 45.1 Å². The van der Waals surface area contributed by atoms with Crippen LogP contribution in [0.2, 0.25) is 0 Å². The maximum absolute atomic E-state index is 13.0. The van der Waals surface area contributed by atoms with Gasteiger partial charge in [-0.05, 0) is 44.2 Å². The predicted octanol–water partition coefficient (Wildman–Crippen LogP) is 3.27. The lowest BCUT2D eigenvalue weighted by Crippen LogP contribution is -2.48. The Hall–Kier alpha value is -1.34. The quantitative estimate of drug-likeness (QED) is 0.791. The first-order chi connectivity index (χ1) is 13.1. The highest BCUT2D eigenvalue weighted by atomic mass is 35.5. The van der Waals surface area contributed by atoms with E-state index in [4.69, 9.17) is 15.5 Å². The number of imidazole rings is 1. The highest BCUT2D eigenvalue weighted by molar-refractivity contribution is 5.85. The number of halogens is 2. The number of benzene rings is 1. The Balaban J connectivity index is 0.00000150. The van der Waals surface area contributed by atoms with Gasteiger partial charge >= 0.3 is 0 Å². The molecule has 2 aliphatic rings. The predicted molar refractivity (Wildman–Crippen MR) is 120 cm³/mol. The molecule has 162 valence electrons. The Labute approximate surface area is 185 Å². The van der Waals surface area contributed by atoms with Gasteiger partial charge in [-0.2, -0.15) is 0 Å². The van der Waals surface area contributed by atoms with Crippen LogP contribution in [0.3, 0.4) is 0 Å². The molecule has 3 atom stereocenters.